The molecule has 12 nitrogen and oxygen atoms in total. The van der Waals surface area contributed by atoms with E-state index in [-0.39, 0.29) is 37.6 Å². The first-order valence-electron chi connectivity index (χ1n) is 17.7. The number of carbonyl (C=O) groups is 5. The monoisotopic (exact) mass is 719 g/mol. The largest absolute Gasteiger partial charge is 0.346 e. The predicted octanol–water partition coefficient (Wildman–Crippen LogP) is 3.65. The molecule has 0 radical (unpaired) electrons. The predicted molar refractivity (Wildman–Crippen MR) is 196 cm³/mol. The van der Waals surface area contributed by atoms with Gasteiger partial charge in [0.1, 0.15) is 12.1 Å². The molecule has 2 aliphatic rings. The summed E-state index contributed by atoms with van der Waals surface area (Å²) in [4.78, 5) is 69.5. The molecule has 1 aliphatic carbocycles. The number of carbonyl (C=O) groups excluding carboxylic acids is 5. The van der Waals surface area contributed by atoms with Gasteiger partial charge in [-0.3, -0.25) is 19.2 Å². The van der Waals surface area contributed by atoms with Crippen molar-refractivity contribution in [2.24, 2.45) is 16.7 Å². The van der Waals surface area contributed by atoms with Crippen molar-refractivity contribution in [2.75, 3.05) is 18.8 Å². The summed E-state index contributed by atoms with van der Waals surface area (Å²) >= 11 is 0. The highest BCUT2D eigenvalue weighted by molar-refractivity contribution is 7.92. The van der Waals surface area contributed by atoms with Crippen LogP contribution in [0, 0.1) is 29.1 Å². The molecule has 5 amide bonds. The first-order chi connectivity index (χ1) is 22.9. The standard InChI is InChI=1S/C37H61N5O7S/c1-12-14-18-26(28(43)31(45)38-22-13-2)39-30(44)27-25(34(3,4)5)19-23-42(27)32(46)29(35(6,7)8)40-33(47)41-37(20-16-15-17-21-37)24-50(48,49)36(9,10)11/h1,13,25-27,29H,2,14-24H2,3-11H3,(H,38,45)(H,39,44)(H2,40,41,47)/t25?,26?,27-,29+/m0/s1. The Labute approximate surface area is 300 Å². The van der Waals surface area contributed by atoms with Crippen molar-refractivity contribution in [3.05, 3.63) is 12.7 Å². The quantitative estimate of drug-likeness (QED) is 0.128. The topological polar surface area (TPSA) is 171 Å². The molecule has 50 heavy (non-hydrogen) atoms. The Hall–Kier alpha value is -3.40. The van der Waals surface area contributed by atoms with Crippen LogP contribution < -0.4 is 21.3 Å². The molecule has 0 aromatic rings. The molecule has 0 aromatic carbocycles. The lowest BCUT2D eigenvalue weighted by Gasteiger charge is -2.41. The molecule has 1 aliphatic heterocycles. The molecular formula is C37H61N5O7S. The van der Waals surface area contributed by atoms with Crippen molar-refractivity contribution in [3.8, 4) is 12.3 Å². The molecule has 2 unspecified atom stereocenters. The van der Waals surface area contributed by atoms with Crippen LogP contribution in [-0.4, -0.2) is 90.1 Å². The van der Waals surface area contributed by atoms with E-state index in [0.717, 1.165) is 19.3 Å². The average Bonchev–Trinajstić information content (AvgIpc) is 3.45. The molecule has 1 heterocycles. The zero-order chi connectivity index (χ0) is 38.3. The number of ketones is 1. The Morgan fingerprint density at radius 1 is 0.980 bits per heavy atom. The average molecular weight is 720 g/mol. The van der Waals surface area contributed by atoms with Crippen LogP contribution in [-0.2, 0) is 29.0 Å². The van der Waals surface area contributed by atoms with Gasteiger partial charge in [-0.1, -0.05) is 66.9 Å². The lowest BCUT2D eigenvalue weighted by atomic mass is 9.75. The molecule has 0 aromatic heterocycles. The van der Waals surface area contributed by atoms with Gasteiger partial charge in [-0.05, 0) is 63.2 Å². The smallest absolute Gasteiger partial charge is 0.315 e. The van der Waals surface area contributed by atoms with Crippen LogP contribution in [0.3, 0.4) is 0 Å². The summed E-state index contributed by atoms with van der Waals surface area (Å²) in [6, 6.07) is -3.95. The maximum absolute atomic E-state index is 14.5. The van der Waals surface area contributed by atoms with Gasteiger partial charge in [-0.15, -0.1) is 18.9 Å². The van der Waals surface area contributed by atoms with Crippen LogP contribution in [0.1, 0.15) is 114 Å². The van der Waals surface area contributed by atoms with E-state index in [2.05, 4.69) is 33.8 Å². The van der Waals surface area contributed by atoms with Gasteiger partial charge in [0.05, 0.1) is 22.1 Å². The third-order valence-electron chi connectivity index (χ3n) is 9.88. The van der Waals surface area contributed by atoms with Gasteiger partial charge < -0.3 is 26.2 Å². The molecule has 2 rings (SSSR count). The molecule has 282 valence electrons. The number of hydrogen-bond acceptors (Lipinski definition) is 7. The Morgan fingerprint density at radius 2 is 1.58 bits per heavy atom. The number of nitrogens with one attached hydrogen (secondary N) is 4. The minimum atomic E-state index is -3.58. The SMILES string of the molecule is C#CCCC(NC(=O)[C@@H]1C(C(C)(C)C)CCN1C(=O)[C@@H](NC(=O)NC1(CS(=O)(=O)C(C)(C)C)CCCCC1)C(C)(C)C)C(=O)C(=O)NCC=C. The van der Waals surface area contributed by atoms with Gasteiger partial charge in [0, 0.05) is 19.5 Å². The van der Waals surface area contributed by atoms with Crippen molar-refractivity contribution >= 4 is 39.4 Å². The number of terminal acetylenes is 1. The van der Waals surface area contributed by atoms with Crippen LogP contribution in [0.15, 0.2) is 12.7 Å². The van der Waals surface area contributed by atoms with Crippen molar-refractivity contribution in [3.63, 3.8) is 0 Å². The van der Waals surface area contributed by atoms with Gasteiger partial charge >= 0.3 is 6.03 Å². The summed E-state index contributed by atoms with van der Waals surface area (Å²) in [7, 11) is -3.58. The van der Waals surface area contributed by atoms with E-state index in [1.807, 2.05) is 20.8 Å². The fraction of sp³-hybridized carbons (Fsp3) is 0.757. The Morgan fingerprint density at radius 3 is 2.08 bits per heavy atom. The fourth-order valence-electron chi connectivity index (χ4n) is 6.77. The summed E-state index contributed by atoms with van der Waals surface area (Å²) < 4.78 is 25.6. The number of Topliss-reactive ketones (excluding diaryl/α,β-unsaturated/α-hetero) is 1. The van der Waals surface area contributed by atoms with Gasteiger partial charge in [0.25, 0.3) is 5.91 Å². The summed E-state index contributed by atoms with van der Waals surface area (Å²) in [5.74, 6) is -0.880. The molecule has 0 bridgehead atoms. The summed E-state index contributed by atoms with van der Waals surface area (Å²) in [5.41, 5.74) is -2.21. The first-order valence-corrected chi connectivity index (χ1v) is 19.3. The first kappa shape index (κ1) is 42.8. The van der Waals surface area contributed by atoms with Crippen LogP contribution >= 0.6 is 0 Å². The van der Waals surface area contributed by atoms with Crippen molar-refractivity contribution in [2.45, 2.75) is 142 Å². The lowest BCUT2D eigenvalue weighted by molar-refractivity contribution is -0.145. The van der Waals surface area contributed by atoms with E-state index in [1.165, 1.54) is 11.0 Å². The molecule has 2 fully saturated rings. The second-order valence-electron chi connectivity index (χ2n) is 17.0. The highest BCUT2D eigenvalue weighted by atomic mass is 32.2. The fourth-order valence-corrected chi connectivity index (χ4v) is 8.29. The number of amides is 5. The molecule has 1 saturated carbocycles. The van der Waals surface area contributed by atoms with Crippen molar-refractivity contribution < 1.29 is 32.4 Å². The molecule has 1 saturated heterocycles. The molecule has 0 spiro atoms. The second kappa shape index (κ2) is 16.7. The third kappa shape index (κ3) is 11.0. The van der Waals surface area contributed by atoms with Crippen LogP contribution in [0.2, 0.25) is 0 Å². The maximum atomic E-state index is 14.5. The van der Waals surface area contributed by atoms with Crippen LogP contribution in [0.25, 0.3) is 0 Å². The van der Waals surface area contributed by atoms with Crippen LogP contribution in [0.5, 0.6) is 0 Å². The normalized spacial score (nSPS) is 20.8. The van der Waals surface area contributed by atoms with E-state index < -0.39 is 78.6 Å². The minimum absolute atomic E-state index is 0.0302. The van der Waals surface area contributed by atoms with Gasteiger partial charge in [-0.2, -0.15) is 0 Å². The number of urea groups is 1. The Kier molecular flexibility index (Phi) is 14.3. The Balaban J connectivity index is 2.43. The highest BCUT2D eigenvalue weighted by Crippen LogP contribution is 2.40. The summed E-state index contributed by atoms with van der Waals surface area (Å²) in [5, 5.41) is 11.0. The van der Waals surface area contributed by atoms with E-state index in [9.17, 15) is 32.4 Å². The molecular weight excluding hydrogens is 659 g/mol. The number of likely N-dealkylation sites (tertiary alicyclic amines) is 1. The molecule has 4 atom stereocenters. The van der Waals surface area contributed by atoms with E-state index in [0.29, 0.717) is 19.3 Å². The van der Waals surface area contributed by atoms with Gasteiger partial charge in [0.2, 0.25) is 17.6 Å². The Bertz CT molecular complexity index is 1420. The molecule has 4 N–H and O–H groups in total. The second-order valence-corrected chi connectivity index (χ2v) is 19.8. The van der Waals surface area contributed by atoms with Gasteiger partial charge in [0.15, 0.2) is 9.84 Å². The number of rotatable bonds is 13. The number of sulfone groups is 1. The lowest BCUT2D eigenvalue weighted by Crippen LogP contribution is -2.64. The number of hydrogen-bond donors (Lipinski definition) is 4. The van der Waals surface area contributed by atoms with E-state index in [1.54, 1.807) is 41.5 Å². The van der Waals surface area contributed by atoms with E-state index in [4.69, 9.17) is 6.42 Å². The van der Waals surface area contributed by atoms with Crippen molar-refractivity contribution in [1.82, 2.24) is 26.2 Å². The van der Waals surface area contributed by atoms with Crippen molar-refractivity contribution in [1.29, 1.82) is 0 Å². The zero-order valence-corrected chi connectivity index (χ0v) is 32.5. The summed E-state index contributed by atoms with van der Waals surface area (Å²) in [6.45, 7) is 20.1. The van der Waals surface area contributed by atoms with Crippen LogP contribution in [0.4, 0.5) is 4.79 Å². The molecule has 13 heteroatoms. The highest BCUT2D eigenvalue weighted by Gasteiger charge is 2.50. The van der Waals surface area contributed by atoms with Gasteiger partial charge in [-0.25, -0.2) is 13.2 Å². The van der Waals surface area contributed by atoms with E-state index >= 15 is 0 Å². The summed E-state index contributed by atoms with van der Waals surface area (Å²) in [6.07, 6.45) is 11.0. The third-order valence-corrected chi connectivity index (χ3v) is 12.7. The number of nitrogens with zero attached hydrogens (tertiary/aromatic N) is 1. The zero-order valence-electron chi connectivity index (χ0n) is 31.7. The maximum Gasteiger partial charge on any atom is 0.315 e. The minimum Gasteiger partial charge on any atom is -0.346 e.